The second-order valence-corrected chi connectivity index (χ2v) is 4.53. The highest BCUT2D eigenvalue weighted by Gasteiger charge is 2.24. The van der Waals surface area contributed by atoms with Crippen molar-refractivity contribution in [3.8, 4) is 0 Å². The second-order valence-electron chi connectivity index (χ2n) is 4.53. The zero-order valence-electron chi connectivity index (χ0n) is 9.92. The van der Waals surface area contributed by atoms with Crippen molar-refractivity contribution in [1.29, 1.82) is 0 Å². The maximum atomic E-state index is 11.5. The molecule has 3 rings (SSSR count). The summed E-state index contributed by atoms with van der Waals surface area (Å²) in [5.41, 5.74) is 2.08. The fourth-order valence-electron chi connectivity index (χ4n) is 2.61. The maximum absolute atomic E-state index is 11.5. The van der Waals surface area contributed by atoms with Crippen LogP contribution in [0, 0.1) is 10.1 Å². The van der Waals surface area contributed by atoms with Crippen molar-refractivity contribution in [2.24, 2.45) is 0 Å². The van der Waals surface area contributed by atoms with Gasteiger partial charge in [0.1, 0.15) is 0 Å². The predicted molar refractivity (Wildman–Crippen MR) is 67.4 cm³/mol. The monoisotopic (exact) mass is 258 g/mol. The first-order valence-corrected chi connectivity index (χ1v) is 5.91. The van der Waals surface area contributed by atoms with Crippen molar-refractivity contribution >= 4 is 22.6 Å². The van der Waals surface area contributed by atoms with Gasteiger partial charge in [-0.3, -0.25) is 15.1 Å². The second kappa shape index (κ2) is 4.01. The van der Waals surface area contributed by atoms with Crippen molar-refractivity contribution in [3.63, 3.8) is 0 Å². The summed E-state index contributed by atoms with van der Waals surface area (Å²) < 4.78 is 0. The minimum absolute atomic E-state index is 0.116. The van der Waals surface area contributed by atoms with Crippen molar-refractivity contribution in [3.05, 3.63) is 45.1 Å². The van der Waals surface area contributed by atoms with E-state index in [0.29, 0.717) is 17.3 Å². The molecule has 0 aliphatic heterocycles. The van der Waals surface area contributed by atoms with Crippen molar-refractivity contribution in [1.82, 2.24) is 4.98 Å². The Hall–Kier alpha value is -2.50. The summed E-state index contributed by atoms with van der Waals surface area (Å²) in [6, 6.07) is 4.16. The minimum atomic E-state index is -1.05. The number of aryl methyl sites for hydroxylation is 1. The van der Waals surface area contributed by atoms with E-state index in [1.807, 2.05) is 0 Å². The number of carboxylic acid groups (broad SMARTS) is 1. The molecule has 0 unspecified atom stereocenters. The minimum Gasteiger partial charge on any atom is -0.478 e. The predicted octanol–water partition coefficient (Wildman–Crippen LogP) is 2.33. The van der Waals surface area contributed by atoms with E-state index in [1.54, 1.807) is 0 Å². The van der Waals surface area contributed by atoms with E-state index in [0.717, 1.165) is 24.1 Å². The number of aromatic nitrogens is 1. The largest absolute Gasteiger partial charge is 0.478 e. The van der Waals surface area contributed by atoms with Gasteiger partial charge in [0.05, 0.1) is 16.0 Å². The molecule has 0 radical (unpaired) electrons. The summed E-state index contributed by atoms with van der Waals surface area (Å²) in [6.45, 7) is 0. The molecule has 6 heteroatoms. The zero-order valence-corrected chi connectivity index (χ0v) is 9.92. The lowest BCUT2D eigenvalue weighted by molar-refractivity contribution is -0.384. The molecule has 1 aliphatic carbocycles. The van der Waals surface area contributed by atoms with Gasteiger partial charge in [0.25, 0.3) is 5.69 Å². The van der Waals surface area contributed by atoms with Gasteiger partial charge in [-0.25, -0.2) is 4.79 Å². The maximum Gasteiger partial charge on any atom is 0.336 e. The van der Waals surface area contributed by atoms with Crippen molar-refractivity contribution in [2.75, 3.05) is 0 Å². The van der Waals surface area contributed by atoms with Crippen LogP contribution in [0.2, 0.25) is 0 Å². The fraction of sp³-hybridized carbons (Fsp3) is 0.231. The van der Waals surface area contributed by atoms with Crippen LogP contribution < -0.4 is 0 Å². The van der Waals surface area contributed by atoms with Gasteiger partial charge in [0, 0.05) is 23.2 Å². The number of rotatable bonds is 2. The van der Waals surface area contributed by atoms with Crippen LogP contribution in [0.15, 0.2) is 18.2 Å². The van der Waals surface area contributed by atoms with Gasteiger partial charge in [-0.05, 0) is 30.9 Å². The number of nitro benzene ring substituents is 1. The van der Waals surface area contributed by atoms with Crippen LogP contribution in [0.5, 0.6) is 0 Å². The van der Waals surface area contributed by atoms with E-state index in [1.165, 1.54) is 18.2 Å². The first-order chi connectivity index (χ1) is 9.08. The first-order valence-electron chi connectivity index (χ1n) is 5.91. The van der Waals surface area contributed by atoms with Crippen LogP contribution in [-0.4, -0.2) is 21.0 Å². The summed E-state index contributed by atoms with van der Waals surface area (Å²) in [6.07, 6.45) is 2.31. The van der Waals surface area contributed by atoms with Gasteiger partial charge in [0.15, 0.2) is 0 Å². The number of carbonyl (C=O) groups is 1. The molecule has 0 bridgehead atoms. The summed E-state index contributed by atoms with van der Waals surface area (Å²) in [5, 5.41) is 20.5. The molecule has 1 N–H and O–H groups in total. The lowest BCUT2D eigenvalue weighted by Crippen LogP contribution is -2.06. The number of nitrogens with zero attached hydrogens (tertiary/aromatic N) is 2. The topological polar surface area (TPSA) is 93.3 Å². The van der Waals surface area contributed by atoms with Gasteiger partial charge in [-0.15, -0.1) is 0 Å². The van der Waals surface area contributed by atoms with E-state index in [9.17, 15) is 20.0 Å². The van der Waals surface area contributed by atoms with Crippen LogP contribution >= 0.6 is 0 Å². The smallest absolute Gasteiger partial charge is 0.336 e. The quantitative estimate of drug-likeness (QED) is 0.659. The Morgan fingerprint density at radius 3 is 2.84 bits per heavy atom. The van der Waals surface area contributed by atoms with E-state index < -0.39 is 10.9 Å². The molecule has 0 saturated carbocycles. The molecule has 0 spiro atoms. The molecule has 0 atom stereocenters. The highest BCUT2D eigenvalue weighted by atomic mass is 16.6. The molecule has 1 heterocycles. The first kappa shape index (κ1) is 11.6. The number of non-ortho nitro benzene ring substituents is 1. The van der Waals surface area contributed by atoms with E-state index >= 15 is 0 Å². The van der Waals surface area contributed by atoms with E-state index in [2.05, 4.69) is 4.98 Å². The Balaban J connectivity index is 2.40. The number of hydrogen-bond acceptors (Lipinski definition) is 4. The van der Waals surface area contributed by atoms with E-state index in [-0.39, 0.29) is 11.3 Å². The molecule has 1 aliphatic rings. The van der Waals surface area contributed by atoms with Gasteiger partial charge in [-0.2, -0.15) is 0 Å². The van der Waals surface area contributed by atoms with Crippen LogP contribution in [0.3, 0.4) is 0 Å². The standard InChI is InChI=1S/C13H10N2O4/c16-13(17)12-8-2-1-3-10(8)14-11-5-4-7(15(18)19)6-9(11)12/h4-6H,1-3H2,(H,16,17). The molecule has 19 heavy (non-hydrogen) atoms. The number of hydrogen-bond donors (Lipinski definition) is 1. The molecule has 0 fully saturated rings. The molecular formula is C13H10N2O4. The summed E-state index contributed by atoms with van der Waals surface area (Å²) >= 11 is 0. The van der Waals surface area contributed by atoms with Gasteiger partial charge >= 0.3 is 5.97 Å². The highest BCUT2D eigenvalue weighted by molar-refractivity contribution is 6.04. The Morgan fingerprint density at radius 2 is 2.16 bits per heavy atom. The number of carboxylic acids is 1. The normalized spacial score (nSPS) is 13.5. The van der Waals surface area contributed by atoms with Crippen LogP contribution in [0.4, 0.5) is 5.69 Å². The number of pyridine rings is 1. The Labute approximate surface area is 107 Å². The third-order valence-electron chi connectivity index (χ3n) is 3.42. The van der Waals surface area contributed by atoms with Gasteiger partial charge < -0.3 is 5.11 Å². The number of benzene rings is 1. The van der Waals surface area contributed by atoms with Crippen LogP contribution in [-0.2, 0) is 12.8 Å². The number of fused-ring (bicyclic) bond motifs is 2. The highest BCUT2D eigenvalue weighted by Crippen LogP contribution is 2.31. The molecule has 0 amide bonds. The Bertz CT molecular complexity index is 724. The van der Waals surface area contributed by atoms with Crippen LogP contribution in [0.25, 0.3) is 10.9 Å². The average molecular weight is 258 g/mol. The summed E-state index contributed by atoms with van der Waals surface area (Å²) in [7, 11) is 0. The average Bonchev–Trinajstić information content (AvgIpc) is 2.81. The summed E-state index contributed by atoms with van der Waals surface area (Å²) in [5.74, 6) is -1.05. The van der Waals surface area contributed by atoms with Gasteiger partial charge in [0.2, 0.25) is 0 Å². The summed E-state index contributed by atoms with van der Waals surface area (Å²) in [4.78, 5) is 26.1. The lowest BCUT2D eigenvalue weighted by Gasteiger charge is -2.08. The Morgan fingerprint density at radius 1 is 1.37 bits per heavy atom. The molecule has 1 aromatic heterocycles. The number of aromatic carboxylic acids is 1. The third-order valence-corrected chi connectivity index (χ3v) is 3.42. The van der Waals surface area contributed by atoms with Gasteiger partial charge in [-0.1, -0.05) is 0 Å². The number of nitro groups is 1. The third kappa shape index (κ3) is 1.72. The molecular weight excluding hydrogens is 248 g/mol. The lowest BCUT2D eigenvalue weighted by atomic mass is 10.0. The SMILES string of the molecule is O=C(O)c1c2c(nc3ccc([N+](=O)[O-])cc13)CCC2. The molecule has 2 aromatic rings. The molecule has 96 valence electrons. The molecule has 0 saturated heterocycles. The van der Waals surface area contributed by atoms with Crippen molar-refractivity contribution in [2.45, 2.75) is 19.3 Å². The molecule has 1 aromatic carbocycles. The fourth-order valence-corrected chi connectivity index (χ4v) is 2.61. The van der Waals surface area contributed by atoms with Crippen LogP contribution in [0.1, 0.15) is 28.0 Å². The molecule has 6 nitrogen and oxygen atoms in total. The van der Waals surface area contributed by atoms with Crippen molar-refractivity contribution < 1.29 is 14.8 Å². The Kier molecular flexibility index (Phi) is 2.45. The zero-order chi connectivity index (χ0) is 13.6. The van der Waals surface area contributed by atoms with E-state index in [4.69, 9.17) is 0 Å².